The number of sulfonamides is 1. The fourth-order valence-electron chi connectivity index (χ4n) is 3.13. The molecule has 166 valence electrons. The summed E-state index contributed by atoms with van der Waals surface area (Å²) in [7, 11) is -2.25. The largest absolute Gasteiger partial charge is 0.383 e. The summed E-state index contributed by atoms with van der Waals surface area (Å²) in [6, 6.07) is 9.24. The number of hydrogen-bond donors (Lipinski definition) is 1. The monoisotopic (exact) mass is 464 g/mol. The number of aromatic nitrogens is 5. The van der Waals surface area contributed by atoms with E-state index in [4.69, 9.17) is 16.3 Å². The molecule has 31 heavy (non-hydrogen) atoms. The van der Waals surface area contributed by atoms with Gasteiger partial charge in [0.05, 0.1) is 22.9 Å². The Labute approximate surface area is 186 Å². The van der Waals surface area contributed by atoms with Crippen LogP contribution in [0.4, 0.5) is 5.95 Å². The van der Waals surface area contributed by atoms with Crippen molar-refractivity contribution >= 4 is 27.6 Å². The maximum absolute atomic E-state index is 13.2. The lowest BCUT2D eigenvalue weighted by molar-refractivity contribution is 0.163. The minimum atomic E-state index is -3.84. The molecule has 0 saturated carbocycles. The fraction of sp³-hybridized carbons (Fsp3) is 0.400. The molecule has 3 aromatic rings. The lowest BCUT2D eigenvalue weighted by Crippen LogP contribution is -2.32. The molecule has 2 aromatic heterocycles. The van der Waals surface area contributed by atoms with Crippen LogP contribution in [0.5, 0.6) is 0 Å². The van der Waals surface area contributed by atoms with Crippen LogP contribution in [0.1, 0.15) is 38.6 Å². The lowest BCUT2D eigenvalue weighted by Gasteiger charge is -2.22. The second-order valence-corrected chi connectivity index (χ2v) is 9.76. The lowest BCUT2D eigenvalue weighted by atomic mass is 10.1. The molecule has 0 spiro atoms. The zero-order valence-electron chi connectivity index (χ0n) is 17.7. The molecule has 3 rings (SSSR count). The number of benzene rings is 1. The molecule has 3 atom stereocenters. The minimum absolute atomic E-state index is 0.125. The molecular formula is C20H25ClN6O3S. The van der Waals surface area contributed by atoms with Crippen LogP contribution in [0.25, 0.3) is 11.4 Å². The first kappa shape index (κ1) is 23.1. The van der Waals surface area contributed by atoms with Gasteiger partial charge in [-0.1, -0.05) is 48.9 Å². The van der Waals surface area contributed by atoms with Gasteiger partial charge in [0.1, 0.15) is 5.82 Å². The molecule has 0 saturated heterocycles. The van der Waals surface area contributed by atoms with E-state index < -0.39 is 21.2 Å². The molecule has 0 aliphatic rings. The highest BCUT2D eigenvalue weighted by atomic mass is 35.5. The number of nitrogens with one attached hydrogen (secondary N) is 1. The van der Waals surface area contributed by atoms with Crippen LogP contribution in [0, 0.1) is 0 Å². The first-order valence-electron chi connectivity index (χ1n) is 9.73. The van der Waals surface area contributed by atoms with Gasteiger partial charge >= 0.3 is 0 Å². The number of halogens is 1. The Kier molecular flexibility index (Phi) is 7.24. The van der Waals surface area contributed by atoms with Crippen molar-refractivity contribution in [1.29, 1.82) is 0 Å². The number of hydrogen-bond acceptors (Lipinski definition) is 7. The average molecular weight is 465 g/mol. The summed E-state index contributed by atoms with van der Waals surface area (Å²) in [4.78, 5) is 8.30. The van der Waals surface area contributed by atoms with E-state index in [0.29, 0.717) is 23.3 Å². The van der Waals surface area contributed by atoms with Gasteiger partial charge in [0.25, 0.3) is 0 Å². The molecule has 1 N–H and O–H groups in total. The van der Waals surface area contributed by atoms with Gasteiger partial charge in [0.15, 0.2) is 5.82 Å². The van der Waals surface area contributed by atoms with Crippen molar-refractivity contribution in [3.8, 4) is 11.4 Å². The summed E-state index contributed by atoms with van der Waals surface area (Å²) in [5.74, 6) is 0.585. The fourth-order valence-corrected chi connectivity index (χ4v) is 4.47. The molecule has 0 fully saturated rings. The summed E-state index contributed by atoms with van der Waals surface area (Å²) in [6.45, 7) is 5.62. The highest BCUT2D eigenvalue weighted by Crippen LogP contribution is 2.28. The van der Waals surface area contributed by atoms with Gasteiger partial charge in [0, 0.05) is 31.0 Å². The molecular weight excluding hydrogens is 440 g/mol. The van der Waals surface area contributed by atoms with Crippen LogP contribution in [0.2, 0.25) is 5.02 Å². The second-order valence-electron chi connectivity index (χ2n) is 7.29. The molecule has 0 radical (unpaired) electrons. The van der Waals surface area contributed by atoms with Crippen molar-refractivity contribution in [2.45, 2.75) is 38.0 Å². The predicted octanol–water partition coefficient (Wildman–Crippen LogP) is 3.53. The molecule has 9 nitrogen and oxygen atoms in total. The number of nitrogens with zero attached hydrogens (tertiary/aromatic N) is 5. The Morgan fingerprint density at radius 3 is 2.35 bits per heavy atom. The number of rotatable bonds is 9. The molecule has 2 heterocycles. The van der Waals surface area contributed by atoms with Gasteiger partial charge < -0.3 is 4.74 Å². The average Bonchev–Trinajstić information content (AvgIpc) is 3.17. The summed E-state index contributed by atoms with van der Waals surface area (Å²) in [5, 5.41) is 7.91. The van der Waals surface area contributed by atoms with Crippen LogP contribution in [0.3, 0.4) is 0 Å². The summed E-state index contributed by atoms with van der Waals surface area (Å²) >= 11 is 5.83. The molecule has 3 unspecified atom stereocenters. The third-order valence-corrected chi connectivity index (χ3v) is 7.10. The maximum Gasteiger partial charge on any atom is 0.238 e. The third kappa shape index (κ3) is 5.20. The predicted molar refractivity (Wildman–Crippen MR) is 120 cm³/mol. The molecule has 0 aliphatic heterocycles. The van der Waals surface area contributed by atoms with Gasteiger partial charge in [-0.15, -0.1) is 10.2 Å². The van der Waals surface area contributed by atoms with Crippen molar-refractivity contribution in [2.75, 3.05) is 18.4 Å². The van der Waals surface area contributed by atoms with Crippen molar-refractivity contribution in [2.24, 2.45) is 0 Å². The maximum atomic E-state index is 13.2. The Hall–Kier alpha value is -2.56. The molecule has 0 aliphatic carbocycles. The molecule has 0 amide bonds. The van der Waals surface area contributed by atoms with Gasteiger partial charge in [-0.25, -0.2) is 18.4 Å². The van der Waals surface area contributed by atoms with Gasteiger partial charge in [0.2, 0.25) is 16.0 Å². The Morgan fingerprint density at radius 1 is 1.10 bits per heavy atom. The zero-order valence-corrected chi connectivity index (χ0v) is 19.3. The van der Waals surface area contributed by atoms with E-state index in [1.54, 1.807) is 25.5 Å². The normalized spacial score (nSPS) is 14.7. The van der Waals surface area contributed by atoms with E-state index in [1.165, 1.54) is 12.4 Å². The SMILES string of the molecule is COCC(C)n1c(NS(=O)(=O)C(C)C(C)c2ncc(Cl)cn2)nnc1-c1ccccc1. The Bertz CT molecular complexity index is 1110. The topological polar surface area (TPSA) is 112 Å². The van der Waals surface area contributed by atoms with Crippen LogP contribution >= 0.6 is 11.6 Å². The highest BCUT2D eigenvalue weighted by molar-refractivity contribution is 7.93. The summed E-state index contributed by atoms with van der Waals surface area (Å²) in [5.41, 5.74) is 0.819. The molecule has 11 heteroatoms. The van der Waals surface area contributed by atoms with Gasteiger partial charge in [-0.2, -0.15) is 0 Å². The van der Waals surface area contributed by atoms with E-state index in [0.717, 1.165) is 5.56 Å². The van der Waals surface area contributed by atoms with E-state index in [1.807, 2.05) is 37.3 Å². The third-order valence-electron chi connectivity index (χ3n) is 5.05. The Balaban J connectivity index is 1.93. The number of methoxy groups -OCH3 is 1. The van der Waals surface area contributed by atoms with Crippen molar-refractivity contribution in [3.05, 3.63) is 53.6 Å². The number of ether oxygens (including phenoxy) is 1. The van der Waals surface area contributed by atoms with Crippen LogP contribution in [-0.4, -0.2) is 52.1 Å². The molecule has 1 aromatic carbocycles. The first-order chi connectivity index (χ1) is 14.7. The van der Waals surface area contributed by atoms with Gasteiger partial charge in [-0.3, -0.25) is 9.29 Å². The smallest absolute Gasteiger partial charge is 0.238 e. The van der Waals surface area contributed by atoms with Crippen molar-refractivity contribution in [3.63, 3.8) is 0 Å². The quantitative estimate of drug-likeness (QED) is 0.515. The van der Waals surface area contributed by atoms with Crippen LogP contribution < -0.4 is 4.72 Å². The highest BCUT2D eigenvalue weighted by Gasteiger charge is 2.31. The van der Waals surface area contributed by atoms with Gasteiger partial charge in [-0.05, 0) is 13.8 Å². The zero-order chi connectivity index (χ0) is 22.6. The van der Waals surface area contributed by atoms with Crippen LogP contribution in [-0.2, 0) is 14.8 Å². The van der Waals surface area contributed by atoms with Crippen molar-refractivity contribution in [1.82, 2.24) is 24.7 Å². The van der Waals surface area contributed by atoms with E-state index in [2.05, 4.69) is 24.9 Å². The second kappa shape index (κ2) is 9.71. The van der Waals surface area contributed by atoms with E-state index in [9.17, 15) is 8.42 Å². The molecule has 0 bridgehead atoms. The van der Waals surface area contributed by atoms with Crippen molar-refractivity contribution < 1.29 is 13.2 Å². The van der Waals surface area contributed by atoms with E-state index >= 15 is 0 Å². The standard InChI is InChI=1S/C20H25ClN6O3S/c1-13(12-30-4)27-19(16-8-6-5-7-9-16)24-25-20(27)26-31(28,29)15(3)14(2)18-22-10-17(21)11-23-18/h5-11,13-15H,12H2,1-4H3,(H,25,26). The minimum Gasteiger partial charge on any atom is -0.383 e. The number of anilines is 1. The summed E-state index contributed by atoms with van der Waals surface area (Å²) in [6.07, 6.45) is 2.89. The van der Waals surface area contributed by atoms with E-state index in [-0.39, 0.29) is 12.0 Å². The first-order valence-corrected chi connectivity index (χ1v) is 11.6. The Morgan fingerprint density at radius 2 is 1.74 bits per heavy atom. The summed E-state index contributed by atoms with van der Waals surface area (Å²) < 4.78 is 35.9. The van der Waals surface area contributed by atoms with Crippen LogP contribution in [0.15, 0.2) is 42.7 Å².